The summed E-state index contributed by atoms with van der Waals surface area (Å²) in [6, 6.07) is 8.30. The molecule has 142 valence electrons. The third kappa shape index (κ3) is 4.83. The highest BCUT2D eigenvalue weighted by molar-refractivity contribution is 5.82. The van der Waals surface area contributed by atoms with Crippen LogP contribution >= 0.6 is 0 Å². The Morgan fingerprint density at radius 2 is 1.88 bits per heavy atom. The summed E-state index contributed by atoms with van der Waals surface area (Å²) in [6.45, 7) is 3.92. The molecular formula is C20H27NO5. The van der Waals surface area contributed by atoms with Gasteiger partial charge in [0.1, 0.15) is 6.10 Å². The van der Waals surface area contributed by atoms with Crippen molar-refractivity contribution in [2.45, 2.75) is 57.3 Å². The monoisotopic (exact) mass is 361 g/mol. The van der Waals surface area contributed by atoms with Crippen molar-refractivity contribution >= 4 is 11.9 Å². The van der Waals surface area contributed by atoms with Crippen LogP contribution in [0.2, 0.25) is 0 Å². The van der Waals surface area contributed by atoms with E-state index in [1.165, 1.54) is 11.1 Å². The lowest BCUT2D eigenvalue weighted by molar-refractivity contribution is -0.155. The van der Waals surface area contributed by atoms with Crippen molar-refractivity contribution in [2.75, 3.05) is 19.7 Å². The van der Waals surface area contributed by atoms with Crippen molar-refractivity contribution in [1.29, 1.82) is 0 Å². The number of aryl methyl sites for hydroxylation is 1. The van der Waals surface area contributed by atoms with Crippen LogP contribution < -0.4 is 0 Å². The molecule has 2 heterocycles. The number of rotatable bonds is 7. The Hall–Kier alpha value is -1.92. The van der Waals surface area contributed by atoms with Crippen LogP contribution in [0.5, 0.6) is 0 Å². The molecule has 3 atom stereocenters. The zero-order chi connectivity index (χ0) is 18.5. The van der Waals surface area contributed by atoms with Gasteiger partial charge in [0.05, 0.1) is 6.10 Å². The third-order valence-corrected chi connectivity index (χ3v) is 5.12. The van der Waals surface area contributed by atoms with Crippen LogP contribution in [0.1, 0.15) is 36.8 Å². The van der Waals surface area contributed by atoms with Crippen molar-refractivity contribution in [2.24, 2.45) is 0 Å². The molecule has 0 spiro atoms. The highest BCUT2D eigenvalue weighted by atomic mass is 16.5. The quantitative estimate of drug-likeness (QED) is 0.806. The summed E-state index contributed by atoms with van der Waals surface area (Å²) in [6.07, 6.45) is 2.12. The van der Waals surface area contributed by atoms with E-state index in [-0.39, 0.29) is 12.0 Å². The highest BCUT2D eigenvalue weighted by Gasteiger charge is 2.37. The molecular weight excluding hydrogens is 334 g/mol. The molecule has 6 heteroatoms. The first-order valence-corrected chi connectivity index (χ1v) is 9.37. The van der Waals surface area contributed by atoms with Gasteiger partial charge in [-0.1, -0.05) is 29.8 Å². The minimum atomic E-state index is -0.995. The van der Waals surface area contributed by atoms with Crippen molar-refractivity contribution in [3.63, 3.8) is 0 Å². The molecule has 2 saturated heterocycles. The molecule has 0 aromatic heterocycles. The summed E-state index contributed by atoms with van der Waals surface area (Å²) >= 11 is 0. The molecule has 2 fully saturated rings. The van der Waals surface area contributed by atoms with E-state index in [1.54, 1.807) is 4.90 Å². The Labute approximate surface area is 154 Å². The number of aliphatic carboxylic acids is 1. The van der Waals surface area contributed by atoms with Gasteiger partial charge in [-0.05, 0) is 44.6 Å². The van der Waals surface area contributed by atoms with Crippen LogP contribution in [0.3, 0.4) is 0 Å². The van der Waals surface area contributed by atoms with Crippen LogP contribution in [0, 0.1) is 6.92 Å². The number of amides is 1. The summed E-state index contributed by atoms with van der Waals surface area (Å²) in [4.78, 5) is 25.8. The molecule has 0 bridgehead atoms. The van der Waals surface area contributed by atoms with Gasteiger partial charge in [0.25, 0.3) is 5.91 Å². The molecule has 6 nitrogen and oxygen atoms in total. The van der Waals surface area contributed by atoms with Gasteiger partial charge in [0.2, 0.25) is 0 Å². The number of nitrogens with zero attached hydrogens (tertiary/aromatic N) is 1. The Kier molecular flexibility index (Phi) is 6.27. The fraction of sp³-hybridized carbons (Fsp3) is 0.600. The molecule has 26 heavy (non-hydrogen) atoms. The minimum absolute atomic E-state index is 0.0636. The van der Waals surface area contributed by atoms with Gasteiger partial charge in [-0.15, -0.1) is 0 Å². The number of carbonyl (C=O) groups is 2. The van der Waals surface area contributed by atoms with E-state index in [0.717, 1.165) is 25.9 Å². The SMILES string of the molecule is Cc1ccc(CCN(CC2CCCO2)C(=O)[C@@H]2CC[C@H](C(=O)O)O2)cc1. The van der Waals surface area contributed by atoms with E-state index in [1.807, 2.05) is 6.92 Å². The maximum Gasteiger partial charge on any atom is 0.332 e. The Balaban J connectivity index is 1.63. The van der Waals surface area contributed by atoms with Crippen LogP contribution in [-0.4, -0.2) is 59.9 Å². The maximum absolute atomic E-state index is 12.9. The summed E-state index contributed by atoms with van der Waals surface area (Å²) in [7, 11) is 0. The zero-order valence-corrected chi connectivity index (χ0v) is 15.2. The van der Waals surface area contributed by atoms with E-state index in [0.29, 0.717) is 25.9 Å². The molecule has 1 N–H and O–H groups in total. The van der Waals surface area contributed by atoms with E-state index in [4.69, 9.17) is 14.6 Å². The molecule has 0 aliphatic carbocycles. The van der Waals surface area contributed by atoms with E-state index < -0.39 is 18.2 Å². The zero-order valence-electron chi connectivity index (χ0n) is 15.2. The summed E-state index contributed by atoms with van der Waals surface area (Å²) in [5.41, 5.74) is 2.39. The van der Waals surface area contributed by atoms with Gasteiger partial charge in [-0.2, -0.15) is 0 Å². The highest BCUT2D eigenvalue weighted by Crippen LogP contribution is 2.23. The number of hydrogen-bond acceptors (Lipinski definition) is 4. The molecule has 2 aliphatic heterocycles. The first-order valence-electron chi connectivity index (χ1n) is 9.37. The van der Waals surface area contributed by atoms with Gasteiger partial charge < -0.3 is 19.5 Å². The van der Waals surface area contributed by atoms with Gasteiger partial charge in [-0.3, -0.25) is 4.79 Å². The molecule has 3 rings (SSSR count). The van der Waals surface area contributed by atoms with Gasteiger partial charge in [0.15, 0.2) is 6.10 Å². The number of hydrogen-bond donors (Lipinski definition) is 1. The van der Waals surface area contributed by atoms with Gasteiger partial charge in [-0.25, -0.2) is 4.79 Å². The lowest BCUT2D eigenvalue weighted by Gasteiger charge is -2.28. The van der Waals surface area contributed by atoms with E-state index in [9.17, 15) is 9.59 Å². The normalized spacial score (nSPS) is 25.3. The third-order valence-electron chi connectivity index (χ3n) is 5.12. The fourth-order valence-electron chi connectivity index (χ4n) is 3.55. The predicted octanol–water partition coefficient (Wildman–Crippen LogP) is 2.18. The van der Waals surface area contributed by atoms with Crippen molar-refractivity contribution in [3.05, 3.63) is 35.4 Å². The number of carbonyl (C=O) groups excluding carboxylic acids is 1. The topological polar surface area (TPSA) is 76.1 Å². The average molecular weight is 361 g/mol. The second-order valence-electron chi connectivity index (χ2n) is 7.18. The van der Waals surface area contributed by atoms with Gasteiger partial charge in [0, 0.05) is 19.7 Å². The smallest absolute Gasteiger partial charge is 0.332 e. The standard InChI is InChI=1S/C20H27NO5/c1-14-4-6-15(7-5-14)10-11-21(13-16-3-2-12-25-16)19(22)17-8-9-18(26-17)20(23)24/h4-7,16-18H,2-3,8-13H2,1H3,(H,23,24)/t16?,17-,18+/m0/s1. The maximum atomic E-state index is 12.9. The minimum Gasteiger partial charge on any atom is -0.479 e. The van der Waals surface area contributed by atoms with Crippen molar-refractivity contribution < 1.29 is 24.2 Å². The second kappa shape index (κ2) is 8.64. The van der Waals surface area contributed by atoms with E-state index >= 15 is 0 Å². The van der Waals surface area contributed by atoms with Crippen LogP contribution in [0.15, 0.2) is 24.3 Å². The number of carboxylic acid groups (broad SMARTS) is 1. The summed E-state index contributed by atoms with van der Waals surface area (Å²) in [5, 5.41) is 9.09. The molecule has 1 amide bonds. The molecule has 0 saturated carbocycles. The van der Waals surface area contributed by atoms with Crippen LogP contribution in [0.4, 0.5) is 0 Å². The predicted molar refractivity (Wildman–Crippen MR) is 96.0 cm³/mol. The molecule has 0 radical (unpaired) electrons. The number of carboxylic acids is 1. The van der Waals surface area contributed by atoms with Crippen molar-refractivity contribution in [3.8, 4) is 0 Å². The van der Waals surface area contributed by atoms with Crippen LogP contribution in [-0.2, 0) is 25.5 Å². The summed E-state index contributed by atoms with van der Waals surface area (Å²) < 4.78 is 11.2. The van der Waals surface area contributed by atoms with E-state index in [2.05, 4.69) is 24.3 Å². The Morgan fingerprint density at radius 1 is 1.15 bits per heavy atom. The molecule has 1 unspecified atom stereocenters. The van der Waals surface area contributed by atoms with Crippen LogP contribution in [0.25, 0.3) is 0 Å². The average Bonchev–Trinajstić information content (AvgIpc) is 3.31. The van der Waals surface area contributed by atoms with Crippen molar-refractivity contribution in [1.82, 2.24) is 4.90 Å². The fourth-order valence-corrected chi connectivity index (χ4v) is 3.55. The first-order chi connectivity index (χ1) is 12.5. The Morgan fingerprint density at radius 3 is 2.50 bits per heavy atom. The Bertz CT molecular complexity index is 624. The van der Waals surface area contributed by atoms with Gasteiger partial charge >= 0.3 is 5.97 Å². The summed E-state index contributed by atoms with van der Waals surface area (Å²) in [5.74, 6) is -1.11. The number of benzene rings is 1. The molecule has 1 aromatic rings. The second-order valence-corrected chi connectivity index (χ2v) is 7.18. The molecule has 2 aliphatic rings. The first kappa shape index (κ1) is 18.9. The lowest BCUT2D eigenvalue weighted by Crippen LogP contribution is -2.44. The largest absolute Gasteiger partial charge is 0.479 e. The number of ether oxygens (including phenoxy) is 2. The lowest BCUT2D eigenvalue weighted by atomic mass is 10.1. The molecule has 1 aromatic carbocycles.